The lowest BCUT2D eigenvalue weighted by Crippen LogP contribution is -2.36. The van der Waals surface area contributed by atoms with E-state index in [9.17, 15) is 4.79 Å². The van der Waals surface area contributed by atoms with Crippen molar-refractivity contribution in [3.8, 4) is 0 Å². The first kappa shape index (κ1) is 17.1. The molecule has 0 unspecified atom stereocenters. The van der Waals surface area contributed by atoms with Crippen LogP contribution in [-0.2, 0) is 17.8 Å². The Morgan fingerprint density at radius 2 is 2.09 bits per heavy atom. The van der Waals surface area contributed by atoms with Crippen LogP contribution in [0, 0.1) is 6.92 Å². The zero-order valence-corrected chi connectivity index (χ0v) is 13.8. The van der Waals surface area contributed by atoms with E-state index in [2.05, 4.69) is 46.4 Å². The van der Waals surface area contributed by atoms with E-state index in [0.29, 0.717) is 19.7 Å². The molecule has 5 nitrogen and oxygen atoms in total. The maximum absolute atomic E-state index is 11.7. The van der Waals surface area contributed by atoms with Crippen LogP contribution in [-0.4, -0.2) is 30.9 Å². The summed E-state index contributed by atoms with van der Waals surface area (Å²) in [5.74, 6) is 0. The summed E-state index contributed by atoms with van der Waals surface area (Å²) >= 11 is 0. The second kappa shape index (κ2) is 9.00. The summed E-state index contributed by atoms with van der Waals surface area (Å²) < 4.78 is 7.10. The minimum Gasteiger partial charge on any atom is -0.385 e. The Hall–Kier alpha value is -2.27. The molecule has 124 valence electrons. The van der Waals surface area contributed by atoms with Crippen LogP contribution in [0.2, 0.25) is 0 Å². The number of rotatable bonds is 8. The first-order chi connectivity index (χ1) is 11.2. The number of hydrogen-bond donors (Lipinski definition) is 2. The molecule has 0 radical (unpaired) electrons. The number of nitrogens with one attached hydrogen (secondary N) is 2. The molecule has 2 rings (SSSR count). The first-order valence-electron chi connectivity index (χ1n) is 7.89. The fourth-order valence-electron chi connectivity index (χ4n) is 2.42. The van der Waals surface area contributed by atoms with Crippen molar-refractivity contribution in [2.45, 2.75) is 26.4 Å². The van der Waals surface area contributed by atoms with E-state index in [1.54, 1.807) is 7.11 Å². The lowest BCUT2D eigenvalue weighted by Gasteiger charge is -2.11. The van der Waals surface area contributed by atoms with Crippen LogP contribution in [0.1, 0.15) is 23.2 Å². The number of hydrogen-bond acceptors (Lipinski definition) is 2. The highest BCUT2D eigenvalue weighted by Crippen LogP contribution is 2.09. The molecule has 0 atom stereocenters. The molecule has 2 amide bonds. The summed E-state index contributed by atoms with van der Waals surface area (Å²) in [7, 11) is 1.66. The van der Waals surface area contributed by atoms with Gasteiger partial charge in [0.1, 0.15) is 0 Å². The maximum atomic E-state index is 11.7. The van der Waals surface area contributed by atoms with Crippen molar-refractivity contribution >= 4 is 6.03 Å². The lowest BCUT2D eigenvalue weighted by atomic mass is 10.1. The van der Waals surface area contributed by atoms with E-state index in [4.69, 9.17) is 4.74 Å². The predicted octanol–water partition coefficient (Wildman–Crippen LogP) is 2.68. The van der Waals surface area contributed by atoms with E-state index < -0.39 is 0 Å². The molecule has 1 heterocycles. The molecule has 0 saturated heterocycles. The molecular weight excluding hydrogens is 290 g/mol. The highest BCUT2D eigenvalue weighted by Gasteiger charge is 2.05. The van der Waals surface area contributed by atoms with E-state index in [0.717, 1.165) is 18.7 Å². The molecule has 23 heavy (non-hydrogen) atoms. The molecule has 0 aliphatic heterocycles. The summed E-state index contributed by atoms with van der Waals surface area (Å²) in [5.41, 5.74) is 3.59. The Balaban J connectivity index is 1.83. The van der Waals surface area contributed by atoms with Crippen molar-refractivity contribution in [3.63, 3.8) is 0 Å². The van der Waals surface area contributed by atoms with Gasteiger partial charge in [0.2, 0.25) is 0 Å². The van der Waals surface area contributed by atoms with Crippen molar-refractivity contribution in [2.24, 2.45) is 0 Å². The molecule has 0 aliphatic carbocycles. The number of amides is 2. The molecule has 0 bridgehead atoms. The molecule has 5 heteroatoms. The molecule has 2 N–H and O–H groups in total. The van der Waals surface area contributed by atoms with Gasteiger partial charge in [-0.1, -0.05) is 29.8 Å². The quantitative estimate of drug-likeness (QED) is 0.736. The van der Waals surface area contributed by atoms with Crippen molar-refractivity contribution in [3.05, 3.63) is 59.4 Å². The van der Waals surface area contributed by atoms with Crippen LogP contribution in [0.5, 0.6) is 0 Å². The fraction of sp³-hybridized carbons (Fsp3) is 0.389. The number of nitrogens with zero attached hydrogens (tertiary/aromatic N) is 1. The number of urea groups is 1. The number of carbonyl (C=O) groups is 1. The van der Waals surface area contributed by atoms with Gasteiger partial charge in [-0.15, -0.1) is 0 Å². The van der Waals surface area contributed by atoms with Crippen LogP contribution in [0.15, 0.2) is 42.6 Å². The van der Waals surface area contributed by atoms with Crippen LogP contribution >= 0.6 is 0 Å². The standard InChI is InChI=1S/C18H25N3O2/c1-15-6-3-7-16(12-15)14-21-10-4-8-17(21)13-20-18(22)19-9-5-11-23-2/h3-4,6-8,10,12H,5,9,11,13-14H2,1-2H3,(H2,19,20,22). The van der Waals surface area contributed by atoms with Crippen molar-refractivity contribution in [2.75, 3.05) is 20.3 Å². The van der Waals surface area contributed by atoms with Crippen molar-refractivity contribution in [1.82, 2.24) is 15.2 Å². The minimum absolute atomic E-state index is 0.149. The van der Waals surface area contributed by atoms with Crippen LogP contribution in [0.4, 0.5) is 4.79 Å². The molecule has 0 fully saturated rings. The van der Waals surface area contributed by atoms with Gasteiger partial charge in [-0.25, -0.2) is 4.79 Å². The zero-order valence-electron chi connectivity index (χ0n) is 13.8. The molecule has 1 aromatic heterocycles. The van der Waals surface area contributed by atoms with Gasteiger partial charge in [-0.2, -0.15) is 0 Å². The van der Waals surface area contributed by atoms with E-state index in [1.165, 1.54) is 11.1 Å². The van der Waals surface area contributed by atoms with Crippen LogP contribution in [0.3, 0.4) is 0 Å². The largest absolute Gasteiger partial charge is 0.385 e. The molecule has 0 aliphatic rings. The second-order valence-electron chi connectivity index (χ2n) is 5.57. The van der Waals surface area contributed by atoms with Gasteiger partial charge in [0.05, 0.1) is 6.54 Å². The van der Waals surface area contributed by atoms with Gasteiger partial charge in [-0.05, 0) is 31.0 Å². The summed E-state index contributed by atoms with van der Waals surface area (Å²) in [6.07, 6.45) is 2.85. The Kier molecular flexibility index (Phi) is 6.69. The Morgan fingerprint density at radius 1 is 1.22 bits per heavy atom. The average Bonchev–Trinajstić information content (AvgIpc) is 2.97. The highest BCUT2D eigenvalue weighted by atomic mass is 16.5. The third-order valence-electron chi connectivity index (χ3n) is 3.60. The number of ether oxygens (including phenoxy) is 1. The second-order valence-corrected chi connectivity index (χ2v) is 5.57. The Bertz CT molecular complexity index is 622. The zero-order chi connectivity index (χ0) is 16.5. The average molecular weight is 315 g/mol. The van der Waals surface area contributed by atoms with Gasteiger partial charge in [0.25, 0.3) is 0 Å². The molecule has 2 aromatic rings. The van der Waals surface area contributed by atoms with E-state index in [-0.39, 0.29) is 6.03 Å². The molecule has 1 aromatic carbocycles. The smallest absolute Gasteiger partial charge is 0.315 e. The van der Waals surface area contributed by atoms with E-state index >= 15 is 0 Å². The summed E-state index contributed by atoms with van der Waals surface area (Å²) in [4.78, 5) is 11.7. The van der Waals surface area contributed by atoms with Crippen LogP contribution < -0.4 is 10.6 Å². The molecular formula is C18H25N3O2. The molecule has 0 spiro atoms. The number of aromatic nitrogens is 1. The normalized spacial score (nSPS) is 10.5. The summed E-state index contributed by atoms with van der Waals surface area (Å²) in [5, 5.41) is 5.71. The fourth-order valence-corrected chi connectivity index (χ4v) is 2.42. The third kappa shape index (κ3) is 5.79. The van der Waals surface area contributed by atoms with Crippen LogP contribution in [0.25, 0.3) is 0 Å². The number of carbonyl (C=O) groups excluding carboxylic acids is 1. The van der Waals surface area contributed by atoms with E-state index in [1.807, 2.05) is 18.3 Å². The van der Waals surface area contributed by atoms with Crippen molar-refractivity contribution < 1.29 is 9.53 Å². The van der Waals surface area contributed by atoms with Crippen molar-refractivity contribution in [1.29, 1.82) is 0 Å². The van der Waals surface area contributed by atoms with Gasteiger partial charge >= 0.3 is 6.03 Å². The summed E-state index contributed by atoms with van der Waals surface area (Å²) in [6, 6.07) is 12.3. The number of aryl methyl sites for hydroxylation is 1. The van der Waals surface area contributed by atoms with Gasteiger partial charge in [0, 0.05) is 38.7 Å². The lowest BCUT2D eigenvalue weighted by molar-refractivity contribution is 0.193. The number of benzene rings is 1. The van der Waals surface area contributed by atoms with Gasteiger partial charge < -0.3 is 19.9 Å². The maximum Gasteiger partial charge on any atom is 0.315 e. The summed E-state index contributed by atoms with van der Waals surface area (Å²) in [6.45, 7) is 4.68. The Morgan fingerprint density at radius 3 is 2.87 bits per heavy atom. The SMILES string of the molecule is COCCCNC(=O)NCc1cccn1Cc1cccc(C)c1. The van der Waals surface area contributed by atoms with Gasteiger partial charge in [-0.3, -0.25) is 0 Å². The topological polar surface area (TPSA) is 55.3 Å². The first-order valence-corrected chi connectivity index (χ1v) is 7.89. The van der Waals surface area contributed by atoms with Gasteiger partial charge in [0.15, 0.2) is 0 Å². The highest BCUT2D eigenvalue weighted by molar-refractivity contribution is 5.73. The third-order valence-corrected chi connectivity index (χ3v) is 3.60. The minimum atomic E-state index is -0.149. The predicted molar refractivity (Wildman–Crippen MR) is 91.4 cm³/mol. The monoisotopic (exact) mass is 315 g/mol. The molecule has 0 saturated carbocycles. The number of methoxy groups -OCH3 is 1. The Labute approximate surface area is 137 Å².